The largest absolute Gasteiger partial charge is 0.314 e. The lowest BCUT2D eigenvalue weighted by Gasteiger charge is -2.30. The molecule has 1 aliphatic rings. The first-order valence-corrected chi connectivity index (χ1v) is 7.12. The maximum Gasteiger partial charge on any atom is 0.0453 e. The molecular formula is C14H19Cl2N. The molecule has 2 unspecified atom stereocenters. The van der Waals surface area contributed by atoms with Gasteiger partial charge in [-0.2, -0.15) is 0 Å². The van der Waals surface area contributed by atoms with Crippen molar-refractivity contribution in [1.29, 1.82) is 0 Å². The monoisotopic (exact) mass is 271 g/mol. The topological polar surface area (TPSA) is 12.0 Å². The van der Waals surface area contributed by atoms with E-state index in [1.807, 2.05) is 18.2 Å². The van der Waals surface area contributed by atoms with E-state index in [0.717, 1.165) is 34.5 Å². The van der Waals surface area contributed by atoms with Crippen molar-refractivity contribution in [3.05, 3.63) is 33.8 Å². The molecule has 3 heteroatoms. The Morgan fingerprint density at radius 2 is 2.00 bits per heavy atom. The van der Waals surface area contributed by atoms with Gasteiger partial charge in [-0.1, -0.05) is 42.6 Å². The van der Waals surface area contributed by atoms with Crippen molar-refractivity contribution in [2.75, 3.05) is 6.54 Å². The smallest absolute Gasteiger partial charge is 0.0453 e. The predicted molar refractivity (Wildman–Crippen MR) is 75.0 cm³/mol. The number of piperidine rings is 1. The van der Waals surface area contributed by atoms with Gasteiger partial charge in [0.25, 0.3) is 0 Å². The zero-order chi connectivity index (χ0) is 12.3. The average Bonchev–Trinajstić information content (AvgIpc) is 2.34. The molecular weight excluding hydrogens is 253 g/mol. The van der Waals surface area contributed by atoms with Crippen LogP contribution in [0.2, 0.25) is 10.0 Å². The summed E-state index contributed by atoms with van der Waals surface area (Å²) in [7, 11) is 0. The Morgan fingerprint density at radius 3 is 2.65 bits per heavy atom. The summed E-state index contributed by atoms with van der Waals surface area (Å²) in [5.74, 6) is 0.850. The minimum Gasteiger partial charge on any atom is -0.314 e. The van der Waals surface area contributed by atoms with E-state index in [1.165, 1.54) is 19.3 Å². The van der Waals surface area contributed by atoms with Gasteiger partial charge < -0.3 is 5.32 Å². The van der Waals surface area contributed by atoms with Gasteiger partial charge in [0, 0.05) is 16.1 Å². The molecule has 0 aromatic heterocycles. The number of hydrogen-bond donors (Lipinski definition) is 1. The maximum absolute atomic E-state index is 6.21. The second kappa shape index (κ2) is 6.08. The fourth-order valence-corrected chi connectivity index (χ4v) is 3.15. The molecule has 1 nitrogen and oxygen atoms in total. The van der Waals surface area contributed by atoms with Crippen LogP contribution in [-0.4, -0.2) is 12.6 Å². The molecule has 0 amide bonds. The minimum absolute atomic E-state index is 0.520. The minimum atomic E-state index is 0.520. The summed E-state index contributed by atoms with van der Waals surface area (Å²) in [6.07, 6.45) is 4.74. The van der Waals surface area contributed by atoms with Crippen LogP contribution in [-0.2, 0) is 6.42 Å². The van der Waals surface area contributed by atoms with Crippen LogP contribution in [0.15, 0.2) is 18.2 Å². The van der Waals surface area contributed by atoms with Crippen molar-refractivity contribution in [3.8, 4) is 0 Å². The van der Waals surface area contributed by atoms with Crippen LogP contribution >= 0.6 is 23.2 Å². The highest BCUT2D eigenvalue weighted by atomic mass is 35.5. The quantitative estimate of drug-likeness (QED) is 0.864. The van der Waals surface area contributed by atoms with Gasteiger partial charge in [-0.3, -0.25) is 0 Å². The Labute approximate surface area is 114 Å². The van der Waals surface area contributed by atoms with Crippen molar-refractivity contribution >= 4 is 23.2 Å². The second-order valence-electron chi connectivity index (χ2n) is 4.85. The first-order chi connectivity index (χ1) is 8.20. The highest BCUT2D eigenvalue weighted by Gasteiger charge is 2.21. The van der Waals surface area contributed by atoms with Gasteiger partial charge in [0.15, 0.2) is 0 Å². The van der Waals surface area contributed by atoms with Crippen LogP contribution < -0.4 is 5.32 Å². The standard InChI is InChI=1S/C14H19Cl2N/c1-2-10-6-7-17-11(8-10)9-12-13(15)4-3-5-14(12)16/h3-5,10-11,17H,2,6-9H2,1H3. The van der Waals surface area contributed by atoms with Gasteiger partial charge in [0.2, 0.25) is 0 Å². The molecule has 1 aromatic rings. The number of rotatable bonds is 3. The molecule has 2 atom stereocenters. The molecule has 1 fully saturated rings. The van der Waals surface area contributed by atoms with E-state index < -0.39 is 0 Å². The molecule has 0 aliphatic carbocycles. The van der Waals surface area contributed by atoms with E-state index in [2.05, 4.69) is 12.2 Å². The van der Waals surface area contributed by atoms with Gasteiger partial charge in [-0.05, 0) is 49.4 Å². The van der Waals surface area contributed by atoms with Crippen LogP contribution in [0, 0.1) is 5.92 Å². The molecule has 17 heavy (non-hydrogen) atoms. The van der Waals surface area contributed by atoms with Gasteiger partial charge in [-0.15, -0.1) is 0 Å². The van der Waals surface area contributed by atoms with Gasteiger partial charge in [0.05, 0.1) is 0 Å². The molecule has 1 heterocycles. The summed E-state index contributed by atoms with van der Waals surface area (Å²) in [6, 6.07) is 6.26. The van der Waals surface area contributed by atoms with Crippen LogP contribution in [0.4, 0.5) is 0 Å². The zero-order valence-electron chi connectivity index (χ0n) is 10.2. The van der Waals surface area contributed by atoms with E-state index in [1.54, 1.807) is 0 Å². The summed E-state index contributed by atoms with van der Waals surface area (Å²) < 4.78 is 0. The van der Waals surface area contributed by atoms with Crippen LogP contribution in [0.5, 0.6) is 0 Å². The lowest BCUT2D eigenvalue weighted by Crippen LogP contribution is -2.39. The molecule has 94 valence electrons. The van der Waals surface area contributed by atoms with Crippen molar-refractivity contribution in [3.63, 3.8) is 0 Å². The molecule has 0 spiro atoms. The SMILES string of the molecule is CCC1CCNC(Cc2c(Cl)cccc2Cl)C1. The van der Waals surface area contributed by atoms with E-state index >= 15 is 0 Å². The molecule has 1 N–H and O–H groups in total. The second-order valence-corrected chi connectivity index (χ2v) is 5.67. The average molecular weight is 272 g/mol. The number of benzene rings is 1. The Bertz CT molecular complexity index is 358. The number of hydrogen-bond acceptors (Lipinski definition) is 1. The lowest BCUT2D eigenvalue weighted by molar-refractivity contribution is 0.294. The van der Waals surface area contributed by atoms with E-state index in [-0.39, 0.29) is 0 Å². The van der Waals surface area contributed by atoms with Crippen LogP contribution in [0.25, 0.3) is 0 Å². The highest BCUT2D eigenvalue weighted by Crippen LogP contribution is 2.28. The summed E-state index contributed by atoms with van der Waals surface area (Å²) >= 11 is 12.4. The first kappa shape index (κ1) is 13.2. The molecule has 1 aliphatic heterocycles. The van der Waals surface area contributed by atoms with Gasteiger partial charge >= 0.3 is 0 Å². The summed E-state index contributed by atoms with van der Waals surface area (Å²) in [5.41, 5.74) is 1.09. The molecule has 0 bridgehead atoms. The summed E-state index contributed by atoms with van der Waals surface area (Å²) in [4.78, 5) is 0. The highest BCUT2D eigenvalue weighted by molar-refractivity contribution is 6.35. The third-order valence-electron chi connectivity index (χ3n) is 3.69. The number of nitrogens with one attached hydrogen (secondary N) is 1. The Balaban J connectivity index is 2.05. The van der Waals surface area contributed by atoms with Gasteiger partial charge in [0.1, 0.15) is 0 Å². The van der Waals surface area contributed by atoms with Crippen molar-refractivity contribution in [2.45, 2.75) is 38.6 Å². The van der Waals surface area contributed by atoms with Crippen molar-refractivity contribution < 1.29 is 0 Å². The predicted octanol–water partition coefficient (Wildman–Crippen LogP) is 4.31. The summed E-state index contributed by atoms with van der Waals surface area (Å²) in [6.45, 7) is 3.39. The molecule has 0 radical (unpaired) electrons. The maximum atomic E-state index is 6.21. The van der Waals surface area contributed by atoms with Gasteiger partial charge in [-0.25, -0.2) is 0 Å². The lowest BCUT2D eigenvalue weighted by atomic mass is 9.87. The Morgan fingerprint density at radius 1 is 1.29 bits per heavy atom. The third kappa shape index (κ3) is 3.37. The van der Waals surface area contributed by atoms with Crippen molar-refractivity contribution in [2.24, 2.45) is 5.92 Å². The van der Waals surface area contributed by atoms with Crippen molar-refractivity contribution in [1.82, 2.24) is 5.32 Å². The van der Waals surface area contributed by atoms with E-state index in [4.69, 9.17) is 23.2 Å². The van der Waals surface area contributed by atoms with Crippen LogP contribution in [0.1, 0.15) is 31.7 Å². The molecule has 1 saturated heterocycles. The number of halogens is 2. The normalized spacial score (nSPS) is 24.9. The summed E-state index contributed by atoms with van der Waals surface area (Å²) in [5, 5.41) is 5.15. The third-order valence-corrected chi connectivity index (χ3v) is 4.40. The van der Waals surface area contributed by atoms with Crippen LogP contribution in [0.3, 0.4) is 0 Å². The fraction of sp³-hybridized carbons (Fsp3) is 0.571. The fourth-order valence-electron chi connectivity index (χ4n) is 2.60. The molecule has 0 saturated carbocycles. The van der Waals surface area contributed by atoms with E-state index in [0.29, 0.717) is 6.04 Å². The molecule has 2 rings (SSSR count). The van der Waals surface area contributed by atoms with E-state index in [9.17, 15) is 0 Å². The Kier molecular flexibility index (Phi) is 4.72. The first-order valence-electron chi connectivity index (χ1n) is 6.37. The zero-order valence-corrected chi connectivity index (χ0v) is 11.7. The Hall–Kier alpha value is -0.240. The molecule has 1 aromatic carbocycles.